The number of carbonyl (C=O) groups is 2. The van der Waals surface area contributed by atoms with E-state index in [0.29, 0.717) is 30.3 Å². The Morgan fingerprint density at radius 2 is 1.58 bits per heavy atom. The second kappa shape index (κ2) is 12.2. The van der Waals surface area contributed by atoms with E-state index in [1.54, 1.807) is 0 Å². The highest BCUT2D eigenvalue weighted by atomic mass is 16.2. The van der Waals surface area contributed by atoms with Gasteiger partial charge >= 0.3 is 6.03 Å². The van der Waals surface area contributed by atoms with Crippen molar-refractivity contribution in [3.05, 3.63) is 89.0 Å². The number of carbonyl (C=O) groups excluding carboxylic acids is 2. The average molecular weight is 487 g/mol. The van der Waals surface area contributed by atoms with Crippen LogP contribution in [0.3, 0.4) is 0 Å². The van der Waals surface area contributed by atoms with Crippen LogP contribution in [0.1, 0.15) is 47.8 Å². The van der Waals surface area contributed by atoms with Gasteiger partial charge in [0.25, 0.3) is 5.91 Å². The fourth-order valence-corrected chi connectivity index (χ4v) is 4.21. The van der Waals surface area contributed by atoms with E-state index in [1.807, 2.05) is 97.5 Å². The van der Waals surface area contributed by atoms with Crippen molar-refractivity contribution < 1.29 is 9.59 Å². The third-order valence-corrected chi connectivity index (χ3v) is 5.91. The Morgan fingerprint density at radius 3 is 2.22 bits per heavy atom. The number of amides is 3. The van der Waals surface area contributed by atoms with Crippen LogP contribution in [0.15, 0.2) is 66.7 Å². The molecule has 2 N–H and O–H groups in total. The largest absolute Gasteiger partial charge is 0.377 e. The van der Waals surface area contributed by atoms with Crippen LogP contribution in [0.2, 0.25) is 0 Å². The molecular formula is C30H38N4O2. The molecule has 3 amide bonds. The number of urea groups is 1. The molecule has 0 aliphatic carbocycles. The van der Waals surface area contributed by atoms with Crippen molar-refractivity contribution in [2.75, 3.05) is 36.2 Å². The van der Waals surface area contributed by atoms with Gasteiger partial charge in [-0.25, -0.2) is 4.79 Å². The van der Waals surface area contributed by atoms with Crippen LogP contribution in [-0.2, 0) is 13.0 Å². The fraction of sp³-hybridized carbons (Fsp3) is 0.333. The Balaban J connectivity index is 1.84. The Hall–Kier alpha value is -3.80. The van der Waals surface area contributed by atoms with Gasteiger partial charge in [-0.05, 0) is 72.9 Å². The summed E-state index contributed by atoms with van der Waals surface area (Å²) in [6.45, 7) is 9.36. The summed E-state index contributed by atoms with van der Waals surface area (Å²) in [5.41, 5.74) is 6.30. The van der Waals surface area contributed by atoms with Crippen molar-refractivity contribution in [2.24, 2.45) is 5.92 Å². The molecule has 0 fully saturated rings. The van der Waals surface area contributed by atoms with Crippen molar-refractivity contribution in [3.63, 3.8) is 0 Å². The van der Waals surface area contributed by atoms with Gasteiger partial charge in [-0.15, -0.1) is 0 Å². The Bertz CT molecular complexity index is 1200. The smallest absolute Gasteiger partial charge is 0.323 e. The molecule has 0 heterocycles. The molecule has 36 heavy (non-hydrogen) atoms. The molecule has 0 aliphatic rings. The molecule has 6 heteroatoms. The minimum atomic E-state index is -0.304. The number of anilines is 3. The second-order valence-electron chi connectivity index (χ2n) is 9.82. The topological polar surface area (TPSA) is 64.7 Å². The first kappa shape index (κ1) is 26.8. The molecule has 6 nitrogen and oxygen atoms in total. The van der Waals surface area contributed by atoms with Gasteiger partial charge in [0.15, 0.2) is 0 Å². The van der Waals surface area contributed by atoms with E-state index in [4.69, 9.17) is 0 Å². The summed E-state index contributed by atoms with van der Waals surface area (Å²) < 4.78 is 0. The van der Waals surface area contributed by atoms with E-state index in [-0.39, 0.29) is 11.9 Å². The molecule has 0 atom stereocenters. The SMILES string of the molecule is CCc1cccc(NC(=O)Nc2ccc(N(C)C)c(CN(CC(C)C)C(=O)c3cccc(C)c3)c2)c1. The van der Waals surface area contributed by atoms with Crippen LogP contribution < -0.4 is 15.5 Å². The maximum Gasteiger partial charge on any atom is 0.323 e. The van der Waals surface area contributed by atoms with E-state index >= 15 is 0 Å². The molecular weight excluding hydrogens is 448 g/mol. The molecule has 0 saturated carbocycles. The van der Waals surface area contributed by atoms with Crippen molar-refractivity contribution in [1.82, 2.24) is 4.90 Å². The van der Waals surface area contributed by atoms with Gasteiger partial charge in [0.2, 0.25) is 0 Å². The zero-order valence-corrected chi connectivity index (χ0v) is 22.3. The number of nitrogens with zero attached hydrogens (tertiary/aromatic N) is 2. The number of benzene rings is 3. The fourth-order valence-electron chi connectivity index (χ4n) is 4.21. The number of rotatable bonds is 9. The van der Waals surface area contributed by atoms with Crippen molar-refractivity contribution in [2.45, 2.75) is 40.7 Å². The third-order valence-electron chi connectivity index (χ3n) is 5.91. The quantitative estimate of drug-likeness (QED) is 0.360. The molecule has 3 aromatic carbocycles. The van der Waals surface area contributed by atoms with Gasteiger partial charge in [-0.2, -0.15) is 0 Å². The first-order valence-corrected chi connectivity index (χ1v) is 12.5. The van der Waals surface area contributed by atoms with E-state index in [2.05, 4.69) is 31.4 Å². The summed E-state index contributed by atoms with van der Waals surface area (Å²) in [6.07, 6.45) is 0.903. The highest BCUT2D eigenvalue weighted by molar-refractivity contribution is 6.00. The zero-order valence-electron chi connectivity index (χ0n) is 22.3. The minimum absolute atomic E-state index is 0.00372. The zero-order chi connectivity index (χ0) is 26.2. The van der Waals surface area contributed by atoms with Crippen LogP contribution in [0.5, 0.6) is 0 Å². The van der Waals surface area contributed by atoms with Gasteiger partial charge in [0.05, 0.1) is 0 Å². The van der Waals surface area contributed by atoms with Crippen LogP contribution >= 0.6 is 0 Å². The highest BCUT2D eigenvalue weighted by Gasteiger charge is 2.20. The standard InChI is InChI=1S/C30H38N4O2/c1-7-23-11-9-13-26(17-23)31-30(36)32-27-14-15-28(33(5)6)25(18-27)20-34(19-21(2)3)29(35)24-12-8-10-22(4)16-24/h8-18,21H,7,19-20H2,1-6H3,(H2,31,32,36). The van der Waals surface area contributed by atoms with Crippen LogP contribution in [-0.4, -0.2) is 37.5 Å². The van der Waals surface area contributed by atoms with Gasteiger partial charge < -0.3 is 20.4 Å². The number of hydrogen-bond donors (Lipinski definition) is 2. The van der Waals surface area contributed by atoms with Crippen molar-refractivity contribution in [3.8, 4) is 0 Å². The van der Waals surface area contributed by atoms with E-state index in [0.717, 1.165) is 34.5 Å². The molecule has 190 valence electrons. The van der Waals surface area contributed by atoms with Crippen molar-refractivity contribution >= 4 is 29.0 Å². The maximum atomic E-state index is 13.5. The summed E-state index contributed by atoms with van der Waals surface area (Å²) in [5, 5.41) is 5.85. The Labute approximate surface area is 215 Å². The minimum Gasteiger partial charge on any atom is -0.377 e. The maximum absolute atomic E-state index is 13.5. The molecule has 3 rings (SSSR count). The number of aryl methyl sites for hydroxylation is 2. The molecule has 3 aromatic rings. The monoisotopic (exact) mass is 486 g/mol. The predicted molar refractivity (Wildman–Crippen MR) is 150 cm³/mol. The first-order valence-electron chi connectivity index (χ1n) is 12.5. The lowest BCUT2D eigenvalue weighted by atomic mass is 10.1. The molecule has 0 aromatic heterocycles. The Morgan fingerprint density at radius 1 is 0.889 bits per heavy atom. The average Bonchev–Trinajstić information content (AvgIpc) is 2.83. The van der Waals surface area contributed by atoms with Crippen LogP contribution in [0, 0.1) is 12.8 Å². The van der Waals surface area contributed by atoms with E-state index < -0.39 is 0 Å². The summed E-state index contributed by atoms with van der Waals surface area (Å²) in [6, 6.07) is 21.0. The molecule has 0 bridgehead atoms. The van der Waals surface area contributed by atoms with Crippen molar-refractivity contribution in [1.29, 1.82) is 0 Å². The molecule has 0 aliphatic heterocycles. The van der Waals surface area contributed by atoms with Crippen LogP contribution in [0.25, 0.3) is 0 Å². The van der Waals surface area contributed by atoms with Gasteiger partial charge in [-0.1, -0.05) is 50.6 Å². The van der Waals surface area contributed by atoms with Gasteiger partial charge in [-0.3, -0.25) is 4.79 Å². The lowest BCUT2D eigenvalue weighted by Crippen LogP contribution is -2.34. The number of hydrogen-bond acceptors (Lipinski definition) is 3. The molecule has 0 spiro atoms. The molecule has 0 radical (unpaired) electrons. The third kappa shape index (κ3) is 7.35. The Kier molecular flexibility index (Phi) is 9.12. The summed E-state index contributed by atoms with van der Waals surface area (Å²) in [4.78, 5) is 30.1. The summed E-state index contributed by atoms with van der Waals surface area (Å²) >= 11 is 0. The van der Waals surface area contributed by atoms with E-state index in [9.17, 15) is 9.59 Å². The summed E-state index contributed by atoms with van der Waals surface area (Å²) in [7, 11) is 3.96. The normalized spacial score (nSPS) is 10.8. The highest BCUT2D eigenvalue weighted by Crippen LogP contribution is 2.26. The predicted octanol–water partition coefficient (Wildman–Crippen LogP) is 6.57. The lowest BCUT2D eigenvalue weighted by molar-refractivity contribution is 0.0723. The van der Waals surface area contributed by atoms with Crippen LogP contribution in [0.4, 0.5) is 21.9 Å². The second-order valence-corrected chi connectivity index (χ2v) is 9.82. The van der Waals surface area contributed by atoms with Gasteiger partial charge in [0.1, 0.15) is 0 Å². The molecule has 0 saturated heterocycles. The van der Waals surface area contributed by atoms with Gasteiger partial charge in [0, 0.05) is 49.8 Å². The van der Waals surface area contributed by atoms with E-state index in [1.165, 1.54) is 0 Å². The lowest BCUT2D eigenvalue weighted by Gasteiger charge is -2.28. The summed E-state index contributed by atoms with van der Waals surface area (Å²) in [5.74, 6) is 0.316. The molecule has 0 unspecified atom stereocenters. The number of nitrogens with one attached hydrogen (secondary N) is 2. The first-order chi connectivity index (χ1) is 17.2.